The molecule has 0 atom stereocenters. The molecule has 0 radical (unpaired) electrons. The van der Waals surface area contributed by atoms with E-state index in [1.165, 1.54) is 16.4 Å². The zero-order chi connectivity index (χ0) is 15.5. The van der Waals surface area contributed by atoms with Crippen LogP contribution in [0.4, 0.5) is 0 Å². The monoisotopic (exact) mass is 315 g/mol. The Bertz CT molecular complexity index is 594. The Morgan fingerprint density at radius 3 is 2.38 bits per heavy atom. The summed E-state index contributed by atoms with van der Waals surface area (Å²) in [6.07, 6.45) is 1.04. The first-order valence-electron chi connectivity index (χ1n) is 6.48. The van der Waals surface area contributed by atoms with Crippen molar-refractivity contribution in [2.24, 2.45) is 0 Å². The summed E-state index contributed by atoms with van der Waals surface area (Å²) in [6, 6.07) is 2.43. The molecule has 0 amide bonds. The number of hydrogen-bond acceptors (Lipinski definition) is 6. The van der Waals surface area contributed by atoms with Gasteiger partial charge in [0.2, 0.25) is 0 Å². The molecule has 8 nitrogen and oxygen atoms in total. The number of piperazine rings is 1. The molecule has 1 aromatic heterocycles. The van der Waals surface area contributed by atoms with Crippen LogP contribution in [0, 0.1) is 0 Å². The van der Waals surface area contributed by atoms with Crippen LogP contribution >= 0.6 is 0 Å². The SMILES string of the molecule is O=C(O)c1ccc(S(=O)(=O)N2CCN(CCO)CC2)nc1. The van der Waals surface area contributed by atoms with Gasteiger partial charge in [-0.1, -0.05) is 0 Å². The number of carboxylic acid groups (broad SMARTS) is 1. The lowest BCUT2D eigenvalue weighted by Crippen LogP contribution is -2.49. The highest BCUT2D eigenvalue weighted by molar-refractivity contribution is 7.89. The van der Waals surface area contributed by atoms with Crippen LogP contribution in [0.2, 0.25) is 0 Å². The number of aliphatic hydroxyl groups is 1. The van der Waals surface area contributed by atoms with Crippen molar-refractivity contribution in [3.63, 3.8) is 0 Å². The Morgan fingerprint density at radius 2 is 1.90 bits per heavy atom. The van der Waals surface area contributed by atoms with E-state index in [9.17, 15) is 13.2 Å². The van der Waals surface area contributed by atoms with Crippen molar-refractivity contribution in [2.75, 3.05) is 39.3 Å². The number of carboxylic acids is 1. The predicted molar refractivity (Wildman–Crippen MR) is 73.5 cm³/mol. The largest absolute Gasteiger partial charge is 0.478 e. The fourth-order valence-corrected chi connectivity index (χ4v) is 3.46. The topological polar surface area (TPSA) is 111 Å². The Labute approximate surface area is 122 Å². The number of aromatic carboxylic acids is 1. The number of rotatable bonds is 5. The second kappa shape index (κ2) is 6.48. The van der Waals surface area contributed by atoms with Crippen molar-refractivity contribution in [3.05, 3.63) is 23.9 Å². The normalized spacial score (nSPS) is 17.8. The third-order valence-electron chi connectivity index (χ3n) is 3.33. The van der Waals surface area contributed by atoms with E-state index in [1.54, 1.807) is 0 Å². The lowest BCUT2D eigenvalue weighted by molar-refractivity contribution is 0.0696. The Balaban J connectivity index is 2.10. The van der Waals surface area contributed by atoms with Crippen LogP contribution in [0.3, 0.4) is 0 Å². The number of hydrogen-bond donors (Lipinski definition) is 2. The van der Waals surface area contributed by atoms with E-state index in [0.717, 1.165) is 6.20 Å². The van der Waals surface area contributed by atoms with E-state index >= 15 is 0 Å². The van der Waals surface area contributed by atoms with Gasteiger partial charge in [0.15, 0.2) is 5.03 Å². The summed E-state index contributed by atoms with van der Waals surface area (Å²) in [5, 5.41) is 17.5. The molecular weight excluding hydrogens is 298 g/mol. The molecule has 116 valence electrons. The van der Waals surface area contributed by atoms with Crippen LogP contribution in [0.25, 0.3) is 0 Å². The summed E-state index contributed by atoms with van der Waals surface area (Å²) in [7, 11) is -3.70. The summed E-state index contributed by atoms with van der Waals surface area (Å²) in [5.74, 6) is -1.15. The first-order chi connectivity index (χ1) is 9.95. The van der Waals surface area contributed by atoms with Gasteiger partial charge in [-0.25, -0.2) is 18.2 Å². The third kappa shape index (κ3) is 3.56. The van der Waals surface area contributed by atoms with Crippen molar-refractivity contribution < 1.29 is 23.4 Å². The predicted octanol–water partition coefficient (Wildman–Crippen LogP) is -0.922. The van der Waals surface area contributed by atoms with Gasteiger partial charge in [-0.05, 0) is 12.1 Å². The van der Waals surface area contributed by atoms with Gasteiger partial charge in [0.25, 0.3) is 10.0 Å². The number of nitrogens with zero attached hydrogens (tertiary/aromatic N) is 3. The van der Waals surface area contributed by atoms with E-state index < -0.39 is 16.0 Å². The molecule has 0 spiro atoms. The Morgan fingerprint density at radius 1 is 1.24 bits per heavy atom. The van der Waals surface area contributed by atoms with Crippen molar-refractivity contribution in [2.45, 2.75) is 5.03 Å². The molecule has 9 heteroatoms. The number of pyridine rings is 1. The summed E-state index contributed by atoms with van der Waals surface area (Å²) in [5.41, 5.74) is -0.0540. The van der Waals surface area contributed by atoms with Crippen molar-refractivity contribution in [1.29, 1.82) is 0 Å². The van der Waals surface area contributed by atoms with Gasteiger partial charge < -0.3 is 10.2 Å². The first kappa shape index (κ1) is 15.8. The maximum absolute atomic E-state index is 12.4. The second-order valence-corrected chi connectivity index (χ2v) is 6.54. The second-order valence-electron chi connectivity index (χ2n) is 4.66. The molecule has 0 saturated carbocycles. The van der Waals surface area contributed by atoms with Crippen LogP contribution in [0.5, 0.6) is 0 Å². The molecule has 1 aliphatic rings. The lowest BCUT2D eigenvalue weighted by Gasteiger charge is -2.33. The van der Waals surface area contributed by atoms with E-state index in [2.05, 4.69) is 4.98 Å². The van der Waals surface area contributed by atoms with Crippen LogP contribution in [-0.2, 0) is 10.0 Å². The number of carbonyl (C=O) groups is 1. The van der Waals surface area contributed by atoms with Crippen molar-refractivity contribution in [3.8, 4) is 0 Å². The van der Waals surface area contributed by atoms with Crippen molar-refractivity contribution >= 4 is 16.0 Å². The molecule has 1 fully saturated rings. The lowest BCUT2D eigenvalue weighted by atomic mass is 10.3. The maximum atomic E-state index is 12.4. The van der Waals surface area contributed by atoms with Gasteiger partial charge in [-0.3, -0.25) is 4.90 Å². The summed E-state index contributed by atoms with van der Waals surface area (Å²) >= 11 is 0. The molecule has 0 aromatic carbocycles. The molecule has 0 unspecified atom stereocenters. The third-order valence-corrected chi connectivity index (χ3v) is 5.15. The standard InChI is InChI=1S/C12H17N3O5S/c16-8-7-14-3-5-15(6-4-14)21(19,20)11-2-1-10(9-13-11)12(17)18/h1-2,9,16H,3-8H2,(H,17,18). The van der Waals surface area contributed by atoms with Crippen LogP contribution in [0.15, 0.2) is 23.4 Å². The summed E-state index contributed by atoms with van der Waals surface area (Å²) in [6.45, 7) is 2.32. The average Bonchev–Trinajstić information content (AvgIpc) is 2.48. The minimum atomic E-state index is -3.70. The highest BCUT2D eigenvalue weighted by Crippen LogP contribution is 2.16. The van der Waals surface area contributed by atoms with E-state index in [0.29, 0.717) is 32.7 Å². The minimum Gasteiger partial charge on any atom is -0.478 e. The number of β-amino-alcohol motifs (C(OH)–C–C–N with tert-alkyl or cyclic N) is 1. The van der Waals surface area contributed by atoms with Gasteiger partial charge in [0.05, 0.1) is 12.2 Å². The van der Waals surface area contributed by atoms with E-state index in [1.807, 2.05) is 4.90 Å². The molecule has 1 saturated heterocycles. The maximum Gasteiger partial charge on any atom is 0.337 e. The first-order valence-corrected chi connectivity index (χ1v) is 7.92. The van der Waals surface area contributed by atoms with Gasteiger partial charge in [-0.15, -0.1) is 0 Å². The number of sulfonamides is 1. The zero-order valence-corrected chi connectivity index (χ0v) is 12.2. The molecule has 1 aromatic rings. The molecule has 0 aliphatic carbocycles. The van der Waals surface area contributed by atoms with Gasteiger partial charge in [0, 0.05) is 38.9 Å². The number of aromatic nitrogens is 1. The summed E-state index contributed by atoms with van der Waals surface area (Å²) < 4.78 is 26.1. The molecule has 0 bridgehead atoms. The molecule has 2 N–H and O–H groups in total. The molecule has 21 heavy (non-hydrogen) atoms. The quantitative estimate of drug-likeness (QED) is 0.722. The highest BCUT2D eigenvalue weighted by atomic mass is 32.2. The van der Waals surface area contributed by atoms with Crippen molar-refractivity contribution in [1.82, 2.24) is 14.2 Å². The fourth-order valence-electron chi connectivity index (χ4n) is 2.13. The Hall–Kier alpha value is -1.55. The fraction of sp³-hybridized carbons (Fsp3) is 0.500. The molecular formula is C12H17N3O5S. The van der Waals surface area contributed by atoms with Gasteiger partial charge in [0.1, 0.15) is 0 Å². The Kier molecular flexibility index (Phi) is 4.88. The molecule has 2 rings (SSSR count). The van der Waals surface area contributed by atoms with Gasteiger partial charge >= 0.3 is 5.97 Å². The van der Waals surface area contributed by atoms with Crippen LogP contribution < -0.4 is 0 Å². The van der Waals surface area contributed by atoms with Crippen LogP contribution in [-0.4, -0.2) is 78.1 Å². The zero-order valence-electron chi connectivity index (χ0n) is 11.3. The minimum absolute atomic E-state index is 0.0466. The average molecular weight is 315 g/mol. The molecule has 2 heterocycles. The van der Waals surface area contributed by atoms with Gasteiger partial charge in [-0.2, -0.15) is 4.31 Å². The van der Waals surface area contributed by atoms with Crippen LogP contribution in [0.1, 0.15) is 10.4 Å². The van der Waals surface area contributed by atoms with E-state index in [-0.39, 0.29) is 17.2 Å². The van der Waals surface area contributed by atoms with E-state index in [4.69, 9.17) is 10.2 Å². The molecule has 1 aliphatic heterocycles. The highest BCUT2D eigenvalue weighted by Gasteiger charge is 2.29. The smallest absolute Gasteiger partial charge is 0.337 e. The number of aliphatic hydroxyl groups excluding tert-OH is 1. The summed E-state index contributed by atoms with van der Waals surface area (Å²) in [4.78, 5) is 16.5.